The molecule has 0 bridgehead atoms. The van der Waals surface area contributed by atoms with Gasteiger partial charge in [-0.3, -0.25) is 0 Å². The monoisotopic (exact) mass is 305 g/mol. The van der Waals surface area contributed by atoms with E-state index in [-0.39, 0.29) is 6.54 Å². The Morgan fingerprint density at radius 1 is 1.55 bits per heavy atom. The summed E-state index contributed by atoms with van der Waals surface area (Å²) in [6.45, 7) is 1.76. The predicted molar refractivity (Wildman–Crippen MR) is 65.8 cm³/mol. The Kier molecular flexibility index (Phi) is 3.87. The average molecular weight is 305 g/mol. The number of aliphatic hydroxyl groups is 1. The van der Waals surface area contributed by atoms with Crippen molar-refractivity contribution in [1.29, 1.82) is 0 Å². The van der Waals surface area contributed by atoms with E-state index in [9.17, 15) is 18.3 Å². The van der Waals surface area contributed by atoms with Gasteiger partial charge in [-0.15, -0.1) is 0 Å². The number of ether oxygens (including phenoxy) is 1. The van der Waals surface area contributed by atoms with Gasteiger partial charge < -0.3 is 19.4 Å². The summed E-state index contributed by atoms with van der Waals surface area (Å²) in [5.74, 6) is -1.83. The summed E-state index contributed by atoms with van der Waals surface area (Å²) in [4.78, 5) is 10.6. The van der Waals surface area contributed by atoms with Crippen molar-refractivity contribution >= 4 is 16.0 Å². The van der Waals surface area contributed by atoms with Crippen LogP contribution >= 0.6 is 0 Å². The second-order valence-corrected chi connectivity index (χ2v) is 6.31. The summed E-state index contributed by atoms with van der Waals surface area (Å²) in [6, 6.07) is 2.09. The van der Waals surface area contributed by atoms with Gasteiger partial charge in [0.1, 0.15) is 5.60 Å². The molecule has 2 unspecified atom stereocenters. The number of carbonyl (C=O) groups is 1. The zero-order chi connectivity index (χ0) is 15.0. The van der Waals surface area contributed by atoms with Gasteiger partial charge in [0.25, 0.3) is 10.0 Å². The van der Waals surface area contributed by atoms with Crippen molar-refractivity contribution in [1.82, 2.24) is 4.72 Å². The van der Waals surface area contributed by atoms with Crippen LogP contribution in [0.5, 0.6) is 0 Å². The largest absolute Gasteiger partial charge is 0.475 e. The second kappa shape index (κ2) is 5.17. The number of aromatic carboxylic acids is 1. The number of carboxylic acid groups (broad SMARTS) is 1. The third-order valence-corrected chi connectivity index (χ3v) is 4.56. The van der Waals surface area contributed by atoms with Gasteiger partial charge in [-0.2, -0.15) is 0 Å². The van der Waals surface area contributed by atoms with Crippen LogP contribution in [0.2, 0.25) is 0 Å². The fourth-order valence-electron chi connectivity index (χ4n) is 1.87. The van der Waals surface area contributed by atoms with Crippen molar-refractivity contribution in [2.24, 2.45) is 0 Å². The molecule has 0 radical (unpaired) electrons. The third-order valence-electron chi connectivity index (χ3n) is 3.28. The fraction of sp³-hybridized carbons (Fsp3) is 0.545. The van der Waals surface area contributed by atoms with Gasteiger partial charge in [-0.05, 0) is 19.1 Å². The normalized spacial score (nSPS) is 26.8. The standard InChI is InChI=1S/C11H15NO7S/c1-7-11(15,4-5-18-7)6-12-20(16,17)9-3-2-8(19-9)10(13)14/h2-3,7,12,15H,4-6H2,1H3,(H,13,14). The maximum atomic E-state index is 11.9. The van der Waals surface area contributed by atoms with Gasteiger partial charge in [0.2, 0.25) is 10.9 Å². The molecule has 2 heterocycles. The van der Waals surface area contributed by atoms with E-state index in [2.05, 4.69) is 4.72 Å². The molecule has 112 valence electrons. The first-order valence-corrected chi connectivity index (χ1v) is 7.40. The molecule has 1 saturated heterocycles. The lowest BCUT2D eigenvalue weighted by molar-refractivity contribution is -0.0228. The van der Waals surface area contributed by atoms with Crippen LogP contribution in [0.1, 0.15) is 23.9 Å². The second-order valence-electron chi connectivity index (χ2n) is 4.61. The molecule has 8 nitrogen and oxygen atoms in total. The first kappa shape index (κ1) is 15.0. The minimum atomic E-state index is -4.02. The van der Waals surface area contributed by atoms with Crippen molar-refractivity contribution in [2.75, 3.05) is 13.2 Å². The summed E-state index contributed by atoms with van der Waals surface area (Å²) in [7, 11) is -4.02. The molecule has 9 heteroatoms. The highest BCUT2D eigenvalue weighted by Crippen LogP contribution is 2.25. The van der Waals surface area contributed by atoms with E-state index in [0.29, 0.717) is 13.0 Å². The Morgan fingerprint density at radius 2 is 2.25 bits per heavy atom. The average Bonchev–Trinajstić information content (AvgIpc) is 2.97. The van der Waals surface area contributed by atoms with E-state index in [1.807, 2.05) is 0 Å². The maximum absolute atomic E-state index is 11.9. The Morgan fingerprint density at radius 3 is 2.75 bits per heavy atom. The van der Waals surface area contributed by atoms with Gasteiger partial charge in [0, 0.05) is 19.6 Å². The maximum Gasteiger partial charge on any atom is 0.371 e. The van der Waals surface area contributed by atoms with Crippen molar-refractivity contribution in [2.45, 2.75) is 30.1 Å². The van der Waals surface area contributed by atoms with Gasteiger partial charge in [0.15, 0.2) is 0 Å². The quantitative estimate of drug-likeness (QED) is 0.687. The fourth-order valence-corrected chi connectivity index (χ4v) is 2.90. The molecule has 2 rings (SSSR count). The van der Waals surface area contributed by atoms with E-state index in [0.717, 1.165) is 12.1 Å². The van der Waals surface area contributed by atoms with Crippen molar-refractivity contribution in [3.8, 4) is 0 Å². The molecule has 1 aliphatic rings. The molecule has 1 fully saturated rings. The lowest BCUT2D eigenvalue weighted by Gasteiger charge is -2.25. The zero-order valence-corrected chi connectivity index (χ0v) is 11.5. The summed E-state index contributed by atoms with van der Waals surface area (Å²) in [5.41, 5.74) is -1.28. The summed E-state index contributed by atoms with van der Waals surface area (Å²) < 4.78 is 36.0. The van der Waals surface area contributed by atoms with Crippen LogP contribution in [-0.4, -0.2) is 49.5 Å². The molecule has 0 aliphatic carbocycles. The van der Waals surface area contributed by atoms with E-state index in [1.54, 1.807) is 6.92 Å². The minimum absolute atomic E-state index is 0.237. The summed E-state index contributed by atoms with van der Waals surface area (Å²) in [6.07, 6.45) is -0.175. The van der Waals surface area contributed by atoms with E-state index >= 15 is 0 Å². The van der Waals surface area contributed by atoms with Crippen LogP contribution < -0.4 is 4.72 Å². The topological polar surface area (TPSA) is 126 Å². The first-order valence-electron chi connectivity index (χ1n) is 5.91. The smallest absolute Gasteiger partial charge is 0.371 e. The number of carboxylic acids is 1. The van der Waals surface area contributed by atoms with E-state index < -0.39 is 38.6 Å². The molecule has 0 aromatic carbocycles. The van der Waals surface area contributed by atoms with Crippen LogP contribution in [0.3, 0.4) is 0 Å². The third kappa shape index (κ3) is 2.85. The number of rotatable bonds is 5. The number of hydrogen-bond acceptors (Lipinski definition) is 6. The zero-order valence-electron chi connectivity index (χ0n) is 10.7. The predicted octanol–water partition coefficient (Wildman–Crippen LogP) is -0.204. The lowest BCUT2D eigenvalue weighted by atomic mass is 9.97. The molecule has 3 N–H and O–H groups in total. The minimum Gasteiger partial charge on any atom is -0.475 e. The van der Waals surface area contributed by atoms with Gasteiger partial charge in [-0.25, -0.2) is 17.9 Å². The van der Waals surface area contributed by atoms with Crippen molar-refractivity contribution < 1.29 is 32.6 Å². The molecular formula is C11H15NO7S. The van der Waals surface area contributed by atoms with Crippen LogP contribution in [0.25, 0.3) is 0 Å². The molecule has 1 aliphatic heterocycles. The number of furan rings is 1. The molecule has 0 amide bonds. The number of nitrogens with one attached hydrogen (secondary N) is 1. The summed E-state index contributed by atoms with van der Waals surface area (Å²) in [5, 5.41) is 18.4. The van der Waals surface area contributed by atoms with E-state index in [4.69, 9.17) is 14.3 Å². The SMILES string of the molecule is CC1OCCC1(O)CNS(=O)(=O)c1ccc(C(=O)O)o1. The Hall–Kier alpha value is -1.42. The highest BCUT2D eigenvalue weighted by molar-refractivity contribution is 7.89. The Bertz CT molecular complexity index is 608. The van der Waals surface area contributed by atoms with Crippen molar-refractivity contribution in [3.05, 3.63) is 17.9 Å². The molecule has 0 spiro atoms. The van der Waals surface area contributed by atoms with Gasteiger partial charge in [-0.1, -0.05) is 0 Å². The molecule has 20 heavy (non-hydrogen) atoms. The van der Waals surface area contributed by atoms with E-state index in [1.165, 1.54) is 0 Å². The number of hydrogen-bond donors (Lipinski definition) is 3. The van der Waals surface area contributed by atoms with Crippen LogP contribution in [0, 0.1) is 0 Å². The van der Waals surface area contributed by atoms with Crippen LogP contribution in [0.4, 0.5) is 0 Å². The van der Waals surface area contributed by atoms with Crippen molar-refractivity contribution in [3.63, 3.8) is 0 Å². The van der Waals surface area contributed by atoms with Crippen LogP contribution in [0.15, 0.2) is 21.6 Å². The van der Waals surface area contributed by atoms with Gasteiger partial charge >= 0.3 is 5.97 Å². The highest BCUT2D eigenvalue weighted by Gasteiger charge is 2.40. The molecule has 2 atom stereocenters. The summed E-state index contributed by atoms with van der Waals surface area (Å²) >= 11 is 0. The highest BCUT2D eigenvalue weighted by atomic mass is 32.2. The molecule has 1 aromatic heterocycles. The molecule has 0 saturated carbocycles. The van der Waals surface area contributed by atoms with Crippen LogP contribution in [-0.2, 0) is 14.8 Å². The number of sulfonamides is 1. The molecule has 1 aromatic rings. The molecular weight excluding hydrogens is 290 g/mol. The van der Waals surface area contributed by atoms with Gasteiger partial charge in [0.05, 0.1) is 6.10 Å². The first-order chi connectivity index (χ1) is 9.24. The Balaban J connectivity index is 2.09. The lowest BCUT2D eigenvalue weighted by Crippen LogP contribution is -2.47. The Labute approximate surface area is 115 Å².